The molecule has 156 valence electrons. The number of nitro benzene ring substituents is 1. The first-order valence-electron chi connectivity index (χ1n) is 9.04. The van der Waals surface area contributed by atoms with E-state index in [1.54, 1.807) is 12.1 Å². The molecule has 30 heavy (non-hydrogen) atoms. The topological polar surface area (TPSA) is 134 Å². The van der Waals surface area contributed by atoms with Gasteiger partial charge < -0.3 is 19.2 Å². The van der Waals surface area contributed by atoms with Crippen molar-refractivity contribution in [1.29, 1.82) is 0 Å². The molecule has 0 saturated heterocycles. The van der Waals surface area contributed by atoms with Crippen molar-refractivity contribution in [1.82, 2.24) is 4.98 Å². The zero-order chi connectivity index (χ0) is 21.7. The van der Waals surface area contributed by atoms with Crippen LogP contribution in [0.2, 0.25) is 0 Å². The van der Waals surface area contributed by atoms with E-state index in [0.717, 1.165) is 0 Å². The molecule has 0 bridgehead atoms. The zero-order valence-corrected chi connectivity index (χ0v) is 16.3. The largest absolute Gasteiger partial charge is 0.494 e. The number of amides is 1. The Balaban J connectivity index is 1.54. The number of nitrogens with one attached hydrogen (secondary N) is 1. The molecular weight excluding hydrogens is 394 g/mol. The van der Waals surface area contributed by atoms with Crippen molar-refractivity contribution < 1.29 is 28.4 Å². The Morgan fingerprint density at radius 2 is 2.03 bits per heavy atom. The van der Waals surface area contributed by atoms with Crippen molar-refractivity contribution in [3.05, 3.63) is 58.5 Å². The quantitative estimate of drug-likeness (QED) is 0.338. The highest BCUT2D eigenvalue weighted by atomic mass is 16.6. The fraction of sp³-hybridized carbons (Fsp3) is 0.250. The van der Waals surface area contributed by atoms with E-state index >= 15 is 0 Å². The van der Waals surface area contributed by atoms with Gasteiger partial charge in [0, 0.05) is 12.5 Å². The number of carbonyl (C=O) groups excluding carboxylic acids is 2. The average Bonchev–Trinajstić information content (AvgIpc) is 3.15. The number of para-hydroxylation sites is 2. The molecule has 3 aromatic rings. The standard InChI is InChI=1S/C20H19N3O7/c1-12(20(25)22-15-8-7-13(23(26)27)11-17(15)28-2)29-19(24)10-9-18-21-14-5-3-4-6-16(14)30-18/h3-8,11-12H,9-10H2,1-2H3,(H,22,25)/t12-/m1/s1. The molecule has 0 saturated carbocycles. The molecule has 2 aromatic carbocycles. The molecule has 0 spiro atoms. The van der Waals surface area contributed by atoms with Gasteiger partial charge in [-0.1, -0.05) is 12.1 Å². The average molecular weight is 413 g/mol. The molecule has 1 amide bonds. The minimum atomic E-state index is -1.08. The number of esters is 1. The number of fused-ring (bicyclic) bond motifs is 1. The molecule has 0 unspecified atom stereocenters. The van der Waals surface area contributed by atoms with Crippen LogP contribution in [-0.2, 0) is 20.7 Å². The van der Waals surface area contributed by atoms with Crippen molar-refractivity contribution in [2.24, 2.45) is 0 Å². The summed E-state index contributed by atoms with van der Waals surface area (Å²) in [6, 6.07) is 11.0. The van der Waals surface area contributed by atoms with Crippen LogP contribution in [0, 0.1) is 10.1 Å². The van der Waals surface area contributed by atoms with Crippen LogP contribution in [0.25, 0.3) is 11.1 Å². The Morgan fingerprint density at radius 3 is 2.73 bits per heavy atom. The monoisotopic (exact) mass is 413 g/mol. The highest BCUT2D eigenvalue weighted by Gasteiger charge is 2.21. The van der Waals surface area contributed by atoms with Crippen molar-refractivity contribution in [3.63, 3.8) is 0 Å². The lowest BCUT2D eigenvalue weighted by molar-refractivity contribution is -0.384. The van der Waals surface area contributed by atoms with E-state index in [1.165, 1.54) is 32.2 Å². The van der Waals surface area contributed by atoms with Crippen LogP contribution in [0.15, 0.2) is 46.9 Å². The van der Waals surface area contributed by atoms with Gasteiger partial charge in [0.25, 0.3) is 11.6 Å². The number of non-ortho nitro benzene ring substituents is 1. The number of nitro groups is 1. The van der Waals surface area contributed by atoms with Crippen LogP contribution in [0.1, 0.15) is 19.2 Å². The maximum absolute atomic E-state index is 12.3. The number of hydrogen-bond donors (Lipinski definition) is 1. The molecule has 3 rings (SSSR count). The third-order valence-corrected chi connectivity index (χ3v) is 4.21. The molecule has 1 atom stereocenters. The first-order valence-corrected chi connectivity index (χ1v) is 9.04. The van der Waals surface area contributed by atoms with Gasteiger partial charge in [-0.15, -0.1) is 0 Å². The third-order valence-electron chi connectivity index (χ3n) is 4.21. The van der Waals surface area contributed by atoms with E-state index in [-0.39, 0.29) is 30.0 Å². The molecule has 0 radical (unpaired) electrons. The van der Waals surface area contributed by atoms with Crippen LogP contribution in [0.4, 0.5) is 11.4 Å². The Bertz CT molecular complexity index is 1060. The number of aryl methyl sites for hydroxylation is 1. The second-order valence-corrected chi connectivity index (χ2v) is 6.34. The van der Waals surface area contributed by atoms with E-state index < -0.39 is 22.9 Å². The number of nitrogens with zero attached hydrogens (tertiary/aromatic N) is 2. The summed E-state index contributed by atoms with van der Waals surface area (Å²) >= 11 is 0. The molecule has 0 aliphatic rings. The molecule has 1 aromatic heterocycles. The van der Waals surface area contributed by atoms with Crippen LogP contribution < -0.4 is 10.1 Å². The SMILES string of the molecule is COc1cc([N+](=O)[O-])ccc1NC(=O)[C@@H](C)OC(=O)CCc1nc2ccccc2o1. The highest BCUT2D eigenvalue weighted by molar-refractivity contribution is 5.96. The van der Waals surface area contributed by atoms with E-state index in [1.807, 2.05) is 12.1 Å². The van der Waals surface area contributed by atoms with Gasteiger partial charge in [-0.25, -0.2) is 4.98 Å². The second-order valence-electron chi connectivity index (χ2n) is 6.34. The summed E-state index contributed by atoms with van der Waals surface area (Å²) in [5, 5.41) is 13.4. The van der Waals surface area contributed by atoms with Crippen LogP contribution in [-0.4, -0.2) is 35.0 Å². The van der Waals surface area contributed by atoms with Crippen molar-refractivity contribution >= 4 is 34.4 Å². The molecule has 1 heterocycles. The number of rotatable bonds is 8. The number of carbonyl (C=O) groups is 2. The first-order chi connectivity index (χ1) is 14.4. The van der Waals surface area contributed by atoms with E-state index in [0.29, 0.717) is 17.0 Å². The predicted molar refractivity (Wildman–Crippen MR) is 106 cm³/mol. The van der Waals surface area contributed by atoms with Crippen LogP contribution in [0.5, 0.6) is 5.75 Å². The molecule has 1 N–H and O–H groups in total. The Labute approximate surface area is 170 Å². The zero-order valence-electron chi connectivity index (χ0n) is 16.3. The van der Waals surface area contributed by atoms with Gasteiger partial charge in [0.1, 0.15) is 11.3 Å². The van der Waals surface area contributed by atoms with Gasteiger partial charge in [0.2, 0.25) is 0 Å². The summed E-state index contributed by atoms with van der Waals surface area (Å²) in [6.07, 6.45) is -0.857. The van der Waals surface area contributed by atoms with Crippen LogP contribution >= 0.6 is 0 Å². The van der Waals surface area contributed by atoms with Crippen molar-refractivity contribution in [2.45, 2.75) is 25.9 Å². The number of hydrogen-bond acceptors (Lipinski definition) is 8. The van der Waals surface area contributed by atoms with Gasteiger partial charge in [0.15, 0.2) is 17.6 Å². The summed E-state index contributed by atoms with van der Waals surface area (Å²) < 4.78 is 15.8. The minimum Gasteiger partial charge on any atom is -0.494 e. The number of aromatic nitrogens is 1. The second kappa shape index (κ2) is 9.03. The smallest absolute Gasteiger partial charge is 0.307 e. The van der Waals surface area contributed by atoms with Gasteiger partial charge in [-0.2, -0.15) is 0 Å². The van der Waals surface area contributed by atoms with E-state index in [9.17, 15) is 19.7 Å². The predicted octanol–water partition coefficient (Wildman–Crippen LogP) is 3.25. The Morgan fingerprint density at radius 1 is 1.27 bits per heavy atom. The Hall–Kier alpha value is -3.95. The maximum Gasteiger partial charge on any atom is 0.307 e. The summed E-state index contributed by atoms with van der Waals surface area (Å²) in [4.78, 5) is 38.9. The van der Waals surface area contributed by atoms with Gasteiger partial charge >= 0.3 is 5.97 Å². The van der Waals surface area contributed by atoms with Crippen LogP contribution in [0.3, 0.4) is 0 Å². The number of benzene rings is 2. The van der Waals surface area contributed by atoms with E-state index in [2.05, 4.69) is 10.3 Å². The number of ether oxygens (including phenoxy) is 2. The minimum absolute atomic E-state index is 0.00864. The number of oxazole rings is 1. The highest BCUT2D eigenvalue weighted by Crippen LogP contribution is 2.29. The summed E-state index contributed by atoms with van der Waals surface area (Å²) in [7, 11) is 1.32. The maximum atomic E-state index is 12.3. The van der Waals surface area contributed by atoms with Gasteiger partial charge in [-0.3, -0.25) is 19.7 Å². The molecular formula is C20H19N3O7. The molecule has 0 aliphatic carbocycles. The molecule has 10 nitrogen and oxygen atoms in total. The summed E-state index contributed by atoms with van der Waals surface area (Å²) in [5.74, 6) is -0.666. The first kappa shape index (κ1) is 20.8. The lowest BCUT2D eigenvalue weighted by Gasteiger charge is -2.15. The van der Waals surface area contributed by atoms with Crippen molar-refractivity contribution in [3.8, 4) is 5.75 Å². The van der Waals surface area contributed by atoms with Gasteiger partial charge in [-0.05, 0) is 25.1 Å². The molecule has 0 aliphatic heterocycles. The molecule has 10 heteroatoms. The van der Waals surface area contributed by atoms with E-state index in [4.69, 9.17) is 13.9 Å². The number of anilines is 1. The summed E-state index contributed by atoms with van der Waals surface area (Å²) in [5.41, 5.74) is 1.38. The normalized spacial score (nSPS) is 11.7. The number of methoxy groups -OCH3 is 1. The summed E-state index contributed by atoms with van der Waals surface area (Å²) in [6.45, 7) is 1.42. The van der Waals surface area contributed by atoms with Crippen molar-refractivity contribution in [2.75, 3.05) is 12.4 Å². The Kier molecular flexibility index (Phi) is 6.26. The lowest BCUT2D eigenvalue weighted by atomic mass is 10.2. The lowest BCUT2D eigenvalue weighted by Crippen LogP contribution is -2.30. The fourth-order valence-electron chi connectivity index (χ4n) is 2.68. The molecule has 0 fully saturated rings. The van der Waals surface area contributed by atoms with Gasteiger partial charge in [0.05, 0.1) is 30.2 Å². The fourth-order valence-corrected chi connectivity index (χ4v) is 2.68. The third kappa shape index (κ3) is 4.90.